The third-order valence-corrected chi connectivity index (χ3v) is 8.08. The molecule has 1 heterocycles. The van der Waals surface area contributed by atoms with E-state index in [0.29, 0.717) is 18.9 Å². The molecule has 2 N–H and O–H groups in total. The van der Waals surface area contributed by atoms with E-state index in [0.717, 1.165) is 61.0 Å². The van der Waals surface area contributed by atoms with Crippen molar-refractivity contribution in [1.82, 2.24) is 9.80 Å². The van der Waals surface area contributed by atoms with Crippen LogP contribution in [0.2, 0.25) is 0 Å². The number of hydrogen-bond donors (Lipinski definition) is 1. The molecule has 0 saturated heterocycles. The minimum Gasteiger partial charge on any atom is -0.491 e. The van der Waals surface area contributed by atoms with E-state index < -0.39 is 21.7 Å². The van der Waals surface area contributed by atoms with E-state index in [1.807, 2.05) is 37.3 Å². The van der Waals surface area contributed by atoms with Crippen LogP contribution in [0.25, 0.3) is 0 Å². The standard InChI is InChI=1S/C30H36FN3O4S/c1-22-10-13-29-25(19-22)21-33(2)16-14-24(23-7-4-3-5-8-23)9-6-15-34(17-18-38-29)30(35)27-20-26(39(32,36)37)11-12-28(27)31/h3-5,7-8,10-13,19-20,24H,6,9,14-18,21H2,1-2H3,(H2,32,36,37). The molecule has 0 spiro atoms. The van der Waals surface area contributed by atoms with Crippen molar-refractivity contribution < 1.29 is 22.3 Å². The molecule has 4 rings (SSSR count). The van der Waals surface area contributed by atoms with Crippen LogP contribution < -0.4 is 9.88 Å². The van der Waals surface area contributed by atoms with Crippen LogP contribution in [0.5, 0.6) is 5.75 Å². The number of nitrogens with two attached hydrogens (primary N) is 1. The fourth-order valence-electron chi connectivity index (χ4n) is 5.05. The molecule has 0 bridgehead atoms. The molecular formula is C30H36FN3O4S. The number of amides is 1. The van der Waals surface area contributed by atoms with Crippen LogP contribution in [-0.4, -0.2) is 57.4 Å². The van der Waals surface area contributed by atoms with Crippen LogP contribution >= 0.6 is 0 Å². The number of hydrogen-bond acceptors (Lipinski definition) is 5. The van der Waals surface area contributed by atoms with E-state index in [1.165, 1.54) is 5.56 Å². The highest BCUT2D eigenvalue weighted by Gasteiger charge is 2.23. The zero-order valence-electron chi connectivity index (χ0n) is 22.5. The molecular weight excluding hydrogens is 517 g/mol. The van der Waals surface area contributed by atoms with Crippen LogP contribution in [0.15, 0.2) is 71.6 Å². The highest BCUT2D eigenvalue weighted by atomic mass is 32.2. The summed E-state index contributed by atoms with van der Waals surface area (Å²) in [6.45, 7) is 4.47. The maximum atomic E-state index is 14.7. The normalized spacial score (nSPS) is 18.1. The van der Waals surface area contributed by atoms with E-state index in [4.69, 9.17) is 9.88 Å². The molecule has 1 amide bonds. The monoisotopic (exact) mass is 553 g/mol. The first-order valence-corrected chi connectivity index (χ1v) is 14.7. The van der Waals surface area contributed by atoms with E-state index in [9.17, 15) is 17.6 Å². The molecule has 39 heavy (non-hydrogen) atoms. The SMILES string of the molecule is Cc1ccc2c(c1)CN(C)CCC(c1ccccc1)CCCN(C(=O)c1cc(S(N)(=O)=O)ccc1F)CCO2. The lowest BCUT2D eigenvalue weighted by Crippen LogP contribution is -2.36. The maximum Gasteiger partial charge on any atom is 0.256 e. The van der Waals surface area contributed by atoms with Crippen LogP contribution in [0.4, 0.5) is 4.39 Å². The zero-order valence-corrected chi connectivity index (χ0v) is 23.3. The summed E-state index contributed by atoms with van der Waals surface area (Å²) in [6.07, 6.45) is 2.49. The zero-order chi connectivity index (χ0) is 28.0. The molecule has 0 aromatic heterocycles. The molecule has 3 aromatic rings. The molecule has 9 heteroatoms. The molecule has 3 aromatic carbocycles. The van der Waals surface area contributed by atoms with Gasteiger partial charge in [0.05, 0.1) is 17.0 Å². The first-order chi connectivity index (χ1) is 18.6. The van der Waals surface area contributed by atoms with Crippen LogP contribution in [0.3, 0.4) is 0 Å². The van der Waals surface area contributed by atoms with Crippen molar-refractivity contribution in [3.63, 3.8) is 0 Å². The molecule has 1 aliphatic heterocycles. The minimum absolute atomic E-state index is 0.212. The topological polar surface area (TPSA) is 92.9 Å². The Morgan fingerprint density at radius 2 is 1.77 bits per heavy atom. The molecule has 1 unspecified atom stereocenters. The Kier molecular flexibility index (Phi) is 9.37. The van der Waals surface area contributed by atoms with Crippen LogP contribution in [0.1, 0.15) is 52.2 Å². The average molecular weight is 554 g/mol. The summed E-state index contributed by atoms with van der Waals surface area (Å²) in [7, 11) is -1.98. The summed E-state index contributed by atoms with van der Waals surface area (Å²) in [6, 6.07) is 19.4. The van der Waals surface area contributed by atoms with Crippen LogP contribution in [0, 0.1) is 12.7 Å². The number of ether oxygens (including phenoxy) is 1. The van der Waals surface area contributed by atoms with Crippen molar-refractivity contribution in [1.29, 1.82) is 0 Å². The number of carbonyl (C=O) groups is 1. The van der Waals surface area contributed by atoms with Gasteiger partial charge < -0.3 is 14.5 Å². The third-order valence-electron chi connectivity index (χ3n) is 7.17. The fraction of sp³-hybridized carbons (Fsp3) is 0.367. The fourth-order valence-corrected chi connectivity index (χ4v) is 5.59. The molecule has 1 atom stereocenters. The van der Waals surface area contributed by atoms with E-state index in [1.54, 1.807) is 4.90 Å². The van der Waals surface area contributed by atoms with Gasteiger partial charge in [-0.3, -0.25) is 4.79 Å². The van der Waals surface area contributed by atoms with Crippen molar-refractivity contribution in [2.75, 3.05) is 33.3 Å². The number of aryl methyl sites for hydroxylation is 1. The largest absolute Gasteiger partial charge is 0.491 e. The molecule has 0 saturated carbocycles. The van der Waals surface area contributed by atoms with Crippen molar-refractivity contribution in [3.8, 4) is 5.75 Å². The second-order valence-corrected chi connectivity index (χ2v) is 11.8. The van der Waals surface area contributed by atoms with Gasteiger partial charge in [0.2, 0.25) is 10.0 Å². The van der Waals surface area contributed by atoms with E-state index in [2.05, 4.69) is 30.1 Å². The summed E-state index contributed by atoms with van der Waals surface area (Å²) in [5.74, 6) is -0.337. The summed E-state index contributed by atoms with van der Waals surface area (Å²) >= 11 is 0. The van der Waals surface area contributed by atoms with E-state index >= 15 is 0 Å². The summed E-state index contributed by atoms with van der Waals surface area (Å²) < 4.78 is 44.6. The third kappa shape index (κ3) is 7.65. The molecule has 0 aliphatic carbocycles. The average Bonchev–Trinajstić information content (AvgIpc) is 2.90. The van der Waals surface area contributed by atoms with Gasteiger partial charge in [-0.15, -0.1) is 0 Å². The van der Waals surface area contributed by atoms with Gasteiger partial charge in [-0.05, 0) is 75.5 Å². The quantitative estimate of drug-likeness (QED) is 0.508. The summed E-state index contributed by atoms with van der Waals surface area (Å²) in [4.78, 5) is 17.1. The van der Waals surface area contributed by atoms with E-state index in [-0.39, 0.29) is 23.6 Å². The van der Waals surface area contributed by atoms with Gasteiger partial charge in [-0.2, -0.15) is 0 Å². The number of sulfonamides is 1. The van der Waals surface area contributed by atoms with Gasteiger partial charge in [0.25, 0.3) is 5.91 Å². The Labute approximate surface area is 230 Å². The Balaban J connectivity index is 1.63. The first-order valence-electron chi connectivity index (χ1n) is 13.2. The molecule has 208 valence electrons. The Morgan fingerprint density at radius 1 is 1.00 bits per heavy atom. The lowest BCUT2D eigenvalue weighted by molar-refractivity contribution is 0.0719. The van der Waals surface area contributed by atoms with Gasteiger partial charge in [-0.25, -0.2) is 17.9 Å². The number of halogens is 1. The van der Waals surface area contributed by atoms with Gasteiger partial charge in [0.15, 0.2) is 0 Å². The van der Waals surface area contributed by atoms with Crippen molar-refractivity contribution >= 4 is 15.9 Å². The Bertz CT molecular complexity index is 1400. The summed E-state index contributed by atoms with van der Waals surface area (Å²) in [5, 5.41) is 5.24. The first kappa shape index (κ1) is 28.7. The number of primary sulfonamides is 1. The van der Waals surface area contributed by atoms with Crippen molar-refractivity contribution in [2.45, 2.75) is 43.5 Å². The summed E-state index contributed by atoms with van der Waals surface area (Å²) in [5.41, 5.74) is 3.13. The number of benzene rings is 3. The Morgan fingerprint density at radius 3 is 2.51 bits per heavy atom. The number of nitrogens with zero attached hydrogens (tertiary/aromatic N) is 2. The highest BCUT2D eigenvalue weighted by molar-refractivity contribution is 7.89. The second-order valence-electron chi connectivity index (χ2n) is 10.2. The molecule has 7 nitrogen and oxygen atoms in total. The van der Waals surface area contributed by atoms with Gasteiger partial charge in [-0.1, -0.05) is 48.0 Å². The van der Waals surface area contributed by atoms with Gasteiger partial charge >= 0.3 is 0 Å². The van der Waals surface area contributed by atoms with Crippen molar-refractivity contribution in [2.24, 2.45) is 5.14 Å². The van der Waals surface area contributed by atoms with Crippen LogP contribution in [-0.2, 0) is 16.6 Å². The molecule has 0 radical (unpaired) electrons. The highest BCUT2D eigenvalue weighted by Crippen LogP contribution is 2.28. The molecule has 1 aliphatic rings. The smallest absolute Gasteiger partial charge is 0.256 e. The second kappa shape index (κ2) is 12.7. The number of carbonyl (C=O) groups excluding carboxylic acids is 1. The lowest BCUT2D eigenvalue weighted by Gasteiger charge is -2.27. The van der Waals surface area contributed by atoms with Gasteiger partial charge in [0.1, 0.15) is 18.2 Å². The van der Waals surface area contributed by atoms with Gasteiger partial charge in [0, 0.05) is 18.7 Å². The number of rotatable bonds is 3. The minimum atomic E-state index is -4.09. The maximum absolute atomic E-state index is 14.7. The Hall–Kier alpha value is -3.27. The predicted molar refractivity (Wildman–Crippen MR) is 150 cm³/mol. The predicted octanol–water partition coefficient (Wildman–Crippen LogP) is 4.70. The molecule has 0 fully saturated rings. The van der Waals surface area contributed by atoms with Crippen molar-refractivity contribution in [3.05, 3.63) is 94.8 Å². The number of fused-ring (bicyclic) bond motifs is 1. The lowest BCUT2D eigenvalue weighted by atomic mass is 9.91.